The minimum atomic E-state index is 0.248. The zero-order chi connectivity index (χ0) is 12.3. The van der Waals surface area contributed by atoms with E-state index in [4.69, 9.17) is 0 Å². The predicted molar refractivity (Wildman–Crippen MR) is 75.2 cm³/mol. The summed E-state index contributed by atoms with van der Waals surface area (Å²) < 4.78 is 1.13. The molecule has 2 aromatic rings. The monoisotopic (exact) mass is 290 g/mol. The summed E-state index contributed by atoms with van der Waals surface area (Å²) in [4.78, 5) is 4.13. The van der Waals surface area contributed by atoms with E-state index in [-0.39, 0.29) is 6.04 Å². The van der Waals surface area contributed by atoms with Crippen molar-refractivity contribution in [1.82, 2.24) is 4.98 Å². The van der Waals surface area contributed by atoms with Crippen LogP contribution < -0.4 is 5.32 Å². The van der Waals surface area contributed by atoms with Crippen LogP contribution in [0.5, 0.6) is 0 Å². The second-order valence-electron chi connectivity index (χ2n) is 4.12. The van der Waals surface area contributed by atoms with Crippen molar-refractivity contribution in [2.45, 2.75) is 19.9 Å². The summed E-state index contributed by atoms with van der Waals surface area (Å²) in [6.45, 7) is 4.21. The Bertz CT molecular complexity index is 497. The van der Waals surface area contributed by atoms with Gasteiger partial charge in [-0.05, 0) is 43.2 Å². The van der Waals surface area contributed by atoms with Gasteiger partial charge in [0.1, 0.15) is 0 Å². The maximum absolute atomic E-state index is 4.13. The molecule has 88 valence electrons. The van der Waals surface area contributed by atoms with E-state index in [1.165, 1.54) is 11.1 Å². The summed E-state index contributed by atoms with van der Waals surface area (Å²) in [5, 5.41) is 3.46. The largest absolute Gasteiger partial charge is 0.378 e. The molecule has 2 rings (SSSR count). The van der Waals surface area contributed by atoms with Gasteiger partial charge in [0.05, 0.1) is 6.04 Å². The van der Waals surface area contributed by atoms with Crippen LogP contribution in [0.4, 0.5) is 5.69 Å². The van der Waals surface area contributed by atoms with Crippen molar-refractivity contribution in [3.63, 3.8) is 0 Å². The van der Waals surface area contributed by atoms with E-state index in [0.29, 0.717) is 0 Å². The van der Waals surface area contributed by atoms with Gasteiger partial charge in [0.15, 0.2) is 0 Å². The minimum absolute atomic E-state index is 0.248. The first kappa shape index (κ1) is 12.1. The molecule has 17 heavy (non-hydrogen) atoms. The molecule has 1 N–H and O–H groups in total. The van der Waals surface area contributed by atoms with Crippen molar-refractivity contribution in [2.75, 3.05) is 5.32 Å². The Balaban J connectivity index is 2.13. The van der Waals surface area contributed by atoms with Crippen LogP contribution in [-0.4, -0.2) is 4.98 Å². The minimum Gasteiger partial charge on any atom is -0.378 e. The number of aromatic nitrogens is 1. The van der Waals surface area contributed by atoms with Gasteiger partial charge in [-0.2, -0.15) is 0 Å². The topological polar surface area (TPSA) is 24.9 Å². The van der Waals surface area contributed by atoms with Gasteiger partial charge in [-0.25, -0.2) is 0 Å². The number of hydrogen-bond donors (Lipinski definition) is 1. The molecule has 1 atom stereocenters. The Morgan fingerprint density at radius 2 is 2.12 bits per heavy atom. The second-order valence-corrected chi connectivity index (χ2v) is 4.97. The second kappa shape index (κ2) is 5.32. The fourth-order valence-corrected chi connectivity index (χ4v) is 2.03. The number of nitrogens with zero attached hydrogens (tertiary/aromatic N) is 1. The Morgan fingerprint density at radius 1 is 1.29 bits per heavy atom. The lowest BCUT2D eigenvalue weighted by Crippen LogP contribution is -2.06. The molecule has 0 saturated carbocycles. The molecule has 0 aliphatic carbocycles. The van der Waals surface area contributed by atoms with Gasteiger partial charge in [-0.3, -0.25) is 4.98 Å². The molecule has 0 aliphatic rings. The SMILES string of the molecule is Cc1ccc(NC(C)c2cccnc2)cc1Br. The van der Waals surface area contributed by atoms with Crippen LogP contribution in [0.1, 0.15) is 24.1 Å². The number of nitrogens with one attached hydrogen (secondary N) is 1. The molecule has 0 radical (unpaired) electrons. The lowest BCUT2D eigenvalue weighted by Gasteiger charge is -2.15. The van der Waals surface area contributed by atoms with Gasteiger partial charge >= 0.3 is 0 Å². The van der Waals surface area contributed by atoms with E-state index >= 15 is 0 Å². The molecule has 0 saturated heterocycles. The number of halogens is 1. The highest BCUT2D eigenvalue weighted by Gasteiger charge is 2.05. The molecular formula is C14H15BrN2. The van der Waals surface area contributed by atoms with Crippen molar-refractivity contribution >= 4 is 21.6 Å². The van der Waals surface area contributed by atoms with Crippen LogP contribution in [0.3, 0.4) is 0 Å². The number of pyridine rings is 1. The van der Waals surface area contributed by atoms with E-state index < -0.39 is 0 Å². The Kier molecular flexibility index (Phi) is 3.79. The first-order chi connectivity index (χ1) is 8.16. The Hall–Kier alpha value is -1.35. The van der Waals surface area contributed by atoms with Crippen molar-refractivity contribution in [2.24, 2.45) is 0 Å². The third-order valence-corrected chi connectivity index (χ3v) is 3.59. The molecule has 0 spiro atoms. The van der Waals surface area contributed by atoms with Crippen LogP contribution in [0, 0.1) is 6.92 Å². The highest BCUT2D eigenvalue weighted by atomic mass is 79.9. The van der Waals surface area contributed by atoms with E-state index in [9.17, 15) is 0 Å². The molecule has 0 amide bonds. The molecule has 0 bridgehead atoms. The van der Waals surface area contributed by atoms with Crippen molar-refractivity contribution in [3.8, 4) is 0 Å². The van der Waals surface area contributed by atoms with Gasteiger partial charge in [-0.15, -0.1) is 0 Å². The summed E-state index contributed by atoms with van der Waals surface area (Å²) in [6, 6.07) is 10.6. The molecule has 1 unspecified atom stereocenters. The first-order valence-corrected chi connectivity index (χ1v) is 6.39. The lowest BCUT2D eigenvalue weighted by molar-refractivity contribution is 0.875. The summed E-state index contributed by atoms with van der Waals surface area (Å²) >= 11 is 3.54. The summed E-state index contributed by atoms with van der Waals surface area (Å²) in [5.74, 6) is 0. The lowest BCUT2D eigenvalue weighted by atomic mass is 10.1. The maximum atomic E-state index is 4.13. The van der Waals surface area contributed by atoms with Crippen molar-refractivity contribution in [3.05, 3.63) is 58.3 Å². The van der Waals surface area contributed by atoms with E-state index in [1.54, 1.807) is 6.20 Å². The van der Waals surface area contributed by atoms with Crippen LogP contribution in [0.25, 0.3) is 0 Å². The van der Waals surface area contributed by atoms with Gasteiger partial charge < -0.3 is 5.32 Å². The van der Waals surface area contributed by atoms with Gasteiger partial charge in [0.2, 0.25) is 0 Å². The predicted octanol–water partition coefficient (Wildman–Crippen LogP) is 4.33. The molecule has 1 aromatic heterocycles. The number of anilines is 1. The standard InChI is InChI=1S/C14H15BrN2/c1-10-5-6-13(8-14(10)15)17-11(2)12-4-3-7-16-9-12/h3-9,11,17H,1-2H3. The Morgan fingerprint density at radius 3 is 2.76 bits per heavy atom. The molecular weight excluding hydrogens is 276 g/mol. The average molecular weight is 291 g/mol. The normalized spacial score (nSPS) is 12.2. The third-order valence-electron chi connectivity index (χ3n) is 2.74. The highest BCUT2D eigenvalue weighted by molar-refractivity contribution is 9.10. The Labute approximate surface area is 110 Å². The summed E-state index contributed by atoms with van der Waals surface area (Å²) in [5.41, 5.74) is 3.53. The van der Waals surface area contributed by atoms with Crippen LogP contribution >= 0.6 is 15.9 Å². The van der Waals surface area contributed by atoms with Gasteiger partial charge in [0, 0.05) is 22.6 Å². The molecule has 1 aromatic carbocycles. The average Bonchev–Trinajstić information content (AvgIpc) is 2.35. The van der Waals surface area contributed by atoms with E-state index in [0.717, 1.165) is 10.2 Å². The number of benzene rings is 1. The zero-order valence-electron chi connectivity index (χ0n) is 9.94. The summed E-state index contributed by atoms with van der Waals surface area (Å²) in [6.07, 6.45) is 3.68. The fraction of sp³-hybridized carbons (Fsp3) is 0.214. The molecule has 3 heteroatoms. The van der Waals surface area contributed by atoms with Crippen LogP contribution in [0.15, 0.2) is 47.2 Å². The number of hydrogen-bond acceptors (Lipinski definition) is 2. The van der Waals surface area contributed by atoms with E-state index in [1.807, 2.05) is 12.3 Å². The molecule has 0 fully saturated rings. The number of rotatable bonds is 3. The quantitative estimate of drug-likeness (QED) is 0.910. The van der Waals surface area contributed by atoms with E-state index in [2.05, 4.69) is 64.3 Å². The number of aryl methyl sites for hydroxylation is 1. The van der Waals surface area contributed by atoms with Crippen molar-refractivity contribution < 1.29 is 0 Å². The maximum Gasteiger partial charge on any atom is 0.0500 e. The van der Waals surface area contributed by atoms with Gasteiger partial charge in [0.25, 0.3) is 0 Å². The van der Waals surface area contributed by atoms with Crippen LogP contribution in [-0.2, 0) is 0 Å². The molecule has 1 heterocycles. The fourth-order valence-electron chi connectivity index (χ4n) is 1.65. The van der Waals surface area contributed by atoms with Crippen LogP contribution in [0.2, 0.25) is 0 Å². The molecule has 2 nitrogen and oxygen atoms in total. The first-order valence-electron chi connectivity index (χ1n) is 5.59. The molecule has 0 aliphatic heterocycles. The smallest absolute Gasteiger partial charge is 0.0500 e. The summed E-state index contributed by atoms with van der Waals surface area (Å²) in [7, 11) is 0. The zero-order valence-corrected chi connectivity index (χ0v) is 11.5. The third kappa shape index (κ3) is 3.07. The highest BCUT2D eigenvalue weighted by Crippen LogP contribution is 2.24. The van der Waals surface area contributed by atoms with Gasteiger partial charge in [-0.1, -0.05) is 28.1 Å². The van der Waals surface area contributed by atoms with Crippen molar-refractivity contribution in [1.29, 1.82) is 0 Å².